The van der Waals surface area contributed by atoms with Crippen LogP contribution in [-0.2, 0) is 0 Å². The van der Waals surface area contributed by atoms with E-state index in [1.54, 1.807) is 0 Å². The summed E-state index contributed by atoms with van der Waals surface area (Å²) < 4.78 is 12.3. The summed E-state index contributed by atoms with van der Waals surface area (Å²) in [4.78, 5) is 24.8. The number of aliphatic hydroxyl groups is 1. The molecule has 0 fully saturated rings. The minimum atomic E-state index is -0.569. The highest BCUT2D eigenvalue weighted by molar-refractivity contribution is 5.69. The van der Waals surface area contributed by atoms with E-state index in [-0.39, 0.29) is 18.1 Å². The van der Waals surface area contributed by atoms with Gasteiger partial charge in [0.25, 0.3) is 5.56 Å². The van der Waals surface area contributed by atoms with Gasteiger partial charge in [-0.3, -0.25) is 14.2 Å². The fourth-order valence-corrected chi connectivity index (χ4v) is 1.54. The van der Waals surface area contributed by atoms with Gasteiger partial charge in [0.2, 0.25) is 5.95 Å². The van der Waals surface area contributed by atoms with Gasteiger partial charge in [-0.15, -0.1) is 0 Å². The van der Waals surface area contributed by atoms with Gasteiger partial charge in [0, 0.05) is 19.1 Å². The Morgan fingerprint density at radius 1 is 1.56 bits per heavy atom. The smallest absolute Gasteiger partial charge is 0.278 e. The maximum Gasteiger partial charge on any atom is 0.278 e. The first kappa shape index (κ1) is 12.5. The average molecular weight is 255 g/mol. The molecular weight excluding hydrogens is 241 g/mol. The molecular formula is C10H14FN5O2. The van der Waals surface area contributed by atoms with Crippen LogP contribution in [0.25, 0.3) is 11.2 Å². The van der Waals surface area contributed by atoms with Crippen molar-refractivity contribution < 1.29 is 9.50 Å². The Balaban J connectivity index is 2.01. The molecule has 2 aromatic rings. The second-order valence-electron chi connectivity index (χ2n) is 3.93. The molecule has 1 unspecified atom stereocenters. The lowest BCUT2D eigenvalue weighted by Crippen LogP contribution is -2.17. The molecule has 0 saturated heterocycles. The lowest BCUT2D eigenvalue weighted by Gasteiger charge is -2.10. The Hall–Kier alpha value is -1.96. The molecule has 2 heterocycles. The first-order valence-electron chi connectivity index (χ1n) is 5.58. The lowest BCUT2D eigenvalue weighted by atomic mass is 10.1. The molecule has 0 aliphatic carbocycles. The lowest BCUT2D eigenvalue weighted by molar-refractivity contribution is 0.192. The van der Waals surface area contributed by atoms with Crippen LogP contribution in [-0.4, -0.2) is 44.9 Å². The number of nitrogens with zero attached hydrogens (tertiary/aromatic N) is 2. The molecule has 7 nitrogen and oxygen atoms in total. The molecule has 0 bridgehead atoms. The fourth-order valence-electron chi connectivity index (χ4n) is 1.54. The molecule has 0 aliphatic rings. The highest BCUT2D eigenvalue weighted by Crippen LogP contribution is 2.05. The molecule has 1 atom stereocenters. The van der Waals surface area contributed by atoms with E-state index in [0.29, 0.717) is 24.1 Å². The third-order valence-corrected chi connectivity index (χ3v) is 2.62. The van der Waals surface area contributed by atoms with E-state index in [2.05, 4.69) is 25.3 Å². The predicted octanol–water partition coefficient (Wildman–Crippen LogP) is 0.0262. The number of halogens is 1. The third kappa shape index (κ3) is 2.65. The molecule has 2 aromatic heterocycles. The van der Waals surface area contributed by atoms with Gasteiger partial charge in [-0.25, -0.2) is 4.98 Å². The number of alkyl halides is 1. The van der Waals surface area contributed by atoms with Gasteiger partial charge in [0.1, 0.15) is 0 Å². The summed E-state index contributed by atoms with van der Waals surface area (Å²) in [6, 6.07) is 0. The van der Waals surface area contributed by atoms with Crippen molar-refractivity contribution in [1.29, 1.82) is 0 Å². The predicted molar refractivity (Wildman–Crippen MR) is 64.2 cm³/mol. The number of fused-ring (bicyclic) bond motifs is 1. The number of rotatable bonds is 6. The van der Waals surface area contributed by atoms with E-state index in [9.17, 15) is 9.18 Å². The summed E-state index contributed by atoms with van der Waals surface area (Å²) in [7, 11) is 0. The zero-order chi connectivity index (χ0) is 13.0. The molecule has 2 rings (SSSR count). The largest absolute Gasteiger partial charge is 0.396 e. The van der Waals surface area contributed by atoms with Crippen molar-refractivity contribution in [3.8, 4) is 0 Å². The van der Waals surface area contributed by atoms with Gasteiger partial charge >= 0.3 is 0 Å². The van der Waals surface area contributed by atoms with Crippen molar-refractivity contribution >= 4 is 17.1 Å². The summed E-state index contributed by atoms with van der Waals surface area (Å²) in [6.07, 6.45) is 1.84. The van der Waals surface area contributed by atoms with Crippen LogP contribution in [0.15, 0.2) is 11.1 Å². The van der Waals surface area contributed by atoms with Gasteiger partial charge in [-0.1, -0.05) is 0 Å². The Morgan fingerprint density at radius 3 is 3.11 bits per heavy atom. The van der Waals surface area contributed by atoms with E-state index in [4.69, 9.17) is 5.11 Å². The Bertz CT molecular complexity index is 563. The van der Waals surface area contributed by atoms with Crippen molar-refractivity contribution in [2.75, 3.05) is 25.1 Å². The van der Waals surface area contributed by atoms with Crippen LogP contribution in [0.1, 0.15) is 6.42 Å². The second kappa shape index (κ2) is 5.58. The number of hydrogen-bond donors (Lipinski definition) is 4. The summed E-state index contributed by atoms with van der Waals surface area (Å²) in [6.45, 7) is -0.352. The van der Waals surface area contributed by atoms with Crippen molar-refractivity contribution in [3.63, 3.8) is 0 Å². The average Bonchev–Trinajstić information content (AvgIpc) is 2.83. The monoisotopic (exact) mass is 255 g/mol. The molecule has 0 saturated carbocycles. The van der Waals surface area contributed by atoms with Crippen LogP contribution in [0, 0.1) is 5.92 Å². The fraction of sp³-hybridized carbons (Fsp3) is 0.500. The molecule has 18 heavy (non-hydrogen) atoms. The quantitative estimate of drug-likeness (QED) is 0.582. The van der Waals surface area contributed by atoms with Crippen molar-refractivity contribution in [2.45, 2.75) is 6.42 Å². The van der Waals surface area contributed by atoms with Gasteiger partial charge in [-0.2, -0.15) is 4.98 Å². The third-order valence-electron chi connectivity index (χ3n) is 2.62. The van der Waals surface area contributed by atoms with Crippen LogP contribution in [0.4, 0.5) is 10.3 Å². The standard InChI is InChI=1S/C10H14FN5O2/c11-3-6(4-17)1-2-12-10-15-8-7(9(18)16-10)13-5-14-8/h5-6,17H,1-4H2,(H3,12,13,14,15,16,18). The first-order valence-corrected chi connectivity index (χ1v) is 5.58. The summed E-state index contributed by atoms with van der Waals surface area (Å²) in [5.41, 5.74) is 0.326. The normalized spacial score (nSPS) is 12.8. The van der Waals surface area contributed by atoms with Crippen molar-refractivity contribution in [1.82, 2.24) is 19.9 Å². The Morgan fingerprint density at radius 2 is 2.39 bits per heavy atom. The summed E-state index contributed by atoms with van der Waals surface area (Å²) >= 11 is 0. The number of aliphatic hydroxyl groups excluding tert-OH is 1. The number of nitrogens with one attached hydrogen (secondary N) is 3. The zero-order valence-electron chi connectivity index (χ0n) is 9.61. The van der Waals surface area contributed by atoms with Gasteiger partial charge in [0.15, 0.2) is 11.2 Å². The first-order chi connectivity index (χ1) is 8.74. The summed E-state index contributed by atoms with van der Waals surface area (Å²) in [5.74, 6) is -0.103. The molecule has 0 aliphatic heterocycles. The SMILES string of the molecule is O=c1[nH]c(NCCC(CO)CF)nc2nc[nH]c12. The maximum atomic E-state index is 12.3. The number of hydrogen-bond acceptors (Lipinski definition) is 5. The number of imidazole rings is 1. The van der Waals surface area contributed by atoms with E-state index >= 15 is 0 Å². The van der Waals surface area contributed by atoms with Gasteiger partial charge in [0.05, 0.1) is 13.0 Å². The number of aromatic nitrogens is 4. The van der Waals surface area contributed by atoms with Crippen LogP contribution >= 0.6 is 0 Å². The zero-order valence-corrected chi connectivity index (χ0v) is 9.61. The number of H-pyrrole nitrogens is 2. The molecule has 0 aromatic carbocycles. The maximum absolute atomic E-state index is 12.3. The van der Waals surface area contributed by atoms with Crippen LogP contribution < -0.4 is 10.9 Å². The van der Waals surface area contributed by atoms with E-state index in [0.717, 1.165) is 0 Å². The molecule has 0 radical (unpaired) electrons. The highest BCUT2D eigenvalue weighted by atomic mass is 19.1. The molecule has 0 spiro atoms. The minimum absolute atomic E-state index is 0.194. The van der Waals surface area contributed by atoms with Crippen LogP contribution in [0.2, 0.25) is 0 Å². The summed E-state index contributed by atoms with van der Waals surface area (Å²) in [5, 5.41) is 11.7. The highest BCUT2D eigenvalue weighted by Gasteiger charge is 2.08. The van der Waals surface area contributed by atoms with Gasteiger partial charge in [-0.05, 0) is 6.42 Å². The number of anilines is 1. The Labute approximate surface area is 101 Å². The molecule has 0 amide bonds. The van der Waals surface area contributed by atoms with E-state index < -0.39 is 12.6 Å². The van der Waals surface area contributed by atoms with Crippen LogP contribution in [0.5, 0.6) is 0 Å². The second-order valence-corrected chi connectivity index (χ2v) is 3.93. The molecule has 8 heteroatoms. The van der Waals surface area contributed by atoms with Crippen molar-refractivity contribution in [3.05, 3.63) is 16.7 Å². The number of aromatic amines is 2. The minimum Gasteiger partial charge on any atom is -0.396 e. The Kier molecular flexibility index (Phi) is 3.88. The molecule has 98 valence electrons. The van der Waals surface area contributed by atoms with Crippen LogP contribution in [0.3, 0.4) is 0 Å². The molecule has 4 N–H and O–H groups in total. The van der Waals surface area contributed by atoms with Gasteiger partial charge < -0.3 is 15.4 Å². The van der Waals surface area contributed by atoms with E-state index in [1.165, 1.54) is 6.33 Å². The van der Waals surface area contributed by atoms with Crippen molar-refractivity contribution in [2.24, 2.45) is 5.92 Å². The van der Waals surface area contributed by atoms with E-state index in [1.807, 2.05) is 0 Å². The topological polar surface area (TPSA) is 107 Å².